The van der Waals surface area contributed by atoms with Crippen molar-refractivity contribution in [3.05, 3.63) is 51.7 Å². The highest BCUT2D eigenvalue weighted by atomic mass is 79.9. The third kappa shape index (κ3) is 3.28. The molecular formula is C12H7BrClN3O2S. The molecule has 1 aromatic heterocycles. The number of nitrogens with one attached hydrogen (secondary N) is 1. The van der Waals surface area contributed by atoms with E-state index in [2.05, 4.69) is 25.6 Å². The number of sulfonamides is 1. The second-order valence-electron chi connectivity index (χ2n) is 3.72. The van der Waals surface area contributed by atoms with E-state index in [1.54, 1.807) is 18.2 Å². The molecule has 8 heteroatoms. The van der Waals surface area contributed by atoms with E-state index in [4.69, 9.17) is 16.9 Å². The fourth-order valence-electron chi connectivity index (χ4n) is 1.38. The molecule has 0 fully saturated rings. The van der Waals surface area contributed by atoms with E-state index in [0.29, 0.717) is 4.47 Å². The first-order valence-electron chi connectivity index (χ1n) is 5.26. The normalized spacial score (nSPS) is 10.8. The predicted octanol–water partition coefficient (Wildman–Crippen LogP) is 3.17. The molecule has 20 heavy (non-hydrogen) atoms. The fraction of sp³-hybridized carbons (Fsp3) is 0. The molecule has 102 valence electrons. The molecule has 0 spiro atoms. The number of hydrogen-bond donors (Lipinski definition) is 1. The Morgan fingerprint density at radius 1 is 1.30 bits per heavy atom. The van der Waals surface area contributed by atoms with Crippen LogP contribution < -0.4 is 4.72 Å². The summed E-state index contributed by atoms with van der Waals surface area (Å²) in [6.45, 7) is 0. The van der Waals surface area contributed by atoms with Gasteiger partial charge in [-0.05, 0) is 30.3 Å². The molecule has 0 amide bonds. The van der Waals surface area contributed by atoms with Crippen molar-refractivity contribution in [1.29, 1.82) is 5.26 Å². The van der Waals surface area contributed by atoms with Crippen molar-refractivity contribution in [2.24, 2.45) is 0 Å². The summed E-state index contributed by atoms with van der Waals surface area (Å²) in [6.07, 6.45) is 1.12. The molecule has 5 nitrogen and oxygen atoms in total. The Balaban J connectivity index is 2.35. The van der Waals surface area contributed by atoms with Crippen LogP contribution in [0.25, 0.3) is 0 Å². The number of hydrogen-bond acceptors (Lipinski definition) is 4. The number of halogens is 2. The van der Waals surface area contributed by atoms with Gasteiger partial charge in [0.15, 0.2) is 0 Å². The van der Waals surface area contributed by atoms with Gasteiger partial charge in [-0.15, -0.1) is 0 Å². The van der Waals surface area contributed by atoms with Crippen LogP contribution in [0.1, 0.15) is 5.69 Å². The zero-order valence-electron chi connectivity index (χ0n) is 9.84. The Morgan fingerprint density at radius 2 is 2.05 bits per heavy atom. The van der Waals surface area contributed by atoms with Gasteiger partial charge in [-0.3, -0.25) is 4.72 Å². The van der Waals surface area contributed by atoms with Crippen LogP contribution in [0, 0.1) is 11.3 Å². The molecule has 0 radical (unpaired) electrons. The molecule has 2 rings (SSSR count). The summed E-state index contributed by atoms with van der Waals surface area (Å²) in [7, 11) is -3.80. The third-order valence-electron chi connectivity index (χ3n) is 2.33. The van der Waals surface area contributed by atoms with Crippen LogP contribution in [-0.4, -0.2) is 13.4 Å². The first kappa shape index (κ1) is 14.8. The quantitative estimate of drug-likeness (QED) is 0.897. The van der Waals surface area contributed by atoms with E-state index < -0.39 is 10.0 Å². The first-order valence-corrected chi connectivity index (χ1v) is 7.92. The van der Waals surface area contributed by atoms with Gasteiger partial charge in [-0.25, -0.2) is 13.4 Å². The average Bonchev–Trinajstić information content (AvgIpc) is 2.43. The Hall–Kier alpha value is -1.62. The summed E-state index contributed by atoms with van der Waals surface area (Å²) < 4.78 is 27.4. The summed E-state index contributed by atoms with van der Waals surface area (Å²) in [4.78, 5) is 3.67. The molecule has 1 heterocycles. The molecule has 0 saturated heterocycles. The largest absolute Gasteiger partial charge is 0.278 e. The summed E-state index contributed by atoms with van der Waals surface area (Å²) in [5.74, 6) is 0. The maximum atomic E-state index is 12.2. The van der Waals surface area contributed by atoms with Crippen molar-refractivity contribution < 1.29 is 8.42 Å². The molecule has 0 aliphatic rings. The van der Waals surface area contributed by atoms with Gasteiger partial charge in [-0.2, -0.15) is 5.26 Å². The van der Waals surface area contributed by atoms with E-state index >= 15 is 0 Å². The molecule has 0 aliphatic carbocycles. The van der Waals surface area contributed by atoms with Gasteiger partial charge in [0.05, 0.1) is 10.7 Å². The fourth-order valence-corrected chi connectivity index (χ4v) is 2.98. The molecule has 1 aromatic carbocycles. The summed E-state index contributed by atoms with van der Waals surface area (Å²) >= 11 is 9.17. The zero-order valence-corrected chi connectivity index (χ0v) is 13.0. The number of rotatable bonds is 3. The molecule has 0 atom stereocenters. The van der Waals surface area contributed by atoms with Crippen LogP contribution in [0.3, 0.4) is 0 Å². The van der Waals surface area contributed by atoms with Crippen LogP contribution in [0.2, 0.25) is 5.02 Å². The van der Waals surface area contributed by atoms with E-state index in [1.165, 1.54) is 12.1 Å². The number of nitrogens with zero attached hydrogens (tertiary/aromatic N) is 2. The molecular weight excluding hydrogens is 366 g/mol. The predicted molar refractivity (Wildman–Crippen MR) is 78.9 cm³/mol. The topological polar surface area (TPSA) is 82.8 Å². The molecule has 0 unspecified atom stereocenters. The third-order valence-corrected chi connectivity index (χ3v) is 4.51. The van der Waals surface area contributed by atoms with Gasteiger partial charge in [-0.1, -0.05) is 27.5 Å². The van der Waals surface area contributed by atoms with Crippen molar-refractivity contribution in [2.45, 2.75) is 4.90 Å². The Kier molecular flexibility index (Phi) is 4.28. The molecule has 0 aliphatic heterocycles. The van der Waals surface area contributed by atoms with Crippen molar-refractivity contribution in [3.8, 4) is 6.07 Å². The van der Waals surface area contributed by atoms with Gasteiger partial charge in [0.2, 0.25) is 0 Å². The average molecular weight is 373 g/mol. The lowest BCUT2D eigenvalue weighted by Gasteiger charge is -2.09. The molecule has 0 bridgehead atoms. The highest BCUT2D eigenvalue weighted by Crippen LogP contribution is 2.27. The lowest BCUT2D eigenvalue weighted by atomic mass is 10.3. The van der Waals surface area contributed by atoms with E-state index in [9.17, 15) is 8.42 Å². The Labute approximate surface area is 129 Å². The SMILES string of the molecule is N#Cc1ccc(S(=O)(=O)Nc2cc(Br)ccc2Cl)cn1. The van der Waals surface area contributed by atoms with Crippen LogP contribution in [0.15, 0.2) is 45.9 Å². The molecule has 0 saturated carbocycles. The first-order chi connectivity index (χ1) is 9.42. The van der Waals surface area contributed by atoms with Crippen LogP contribution >= 0.6 is 27.5 Å². The van der Waals surface area contributed by atoms with Crippen molar-refractivity contribution >= 4 is 43.2 Å². The zero-order chi connectivity index (χ0) is 14.8. The van der Waals surface area contributed by atoms with Gasteiger partial charge in [0, 0.05) is 10.7 Å². The minimum Gasteiger partial charge on any atom is -0.278 e. The number of benzene rings is 1. The van der Waals surface area contributed by atoms with Crippen molar-refractivity contribution in [2.75, 3.05) is 4.72 Å². The number of nitriles is 1. The van der Waals surface area contributed by atoms with Crippen LogP contribution in [-0.2, 0) is 10.0 Å². The maximum absolute atomic E-state index is 12.2. The number of aromatic nitrogens is 1. The molecule has 2 aromatic rings. The lowest BCUT2D eigenvalue weighted by molar-refractivity contribution is 0.601. The molecule has 1 N–H and O–H groups in total. The monoisotopic (exact) mass is 371 g/mol. The second-order valence-corrected chi connectivity index (χ2v) is 6.73. The Bertz CT molecular complexity index is 785. The Morgan fingerprint density at radius 3 is 2.65 bits per heavy atom. The summed E-state index contributed by atoms with van der Waals surface area (Å²) in [6, 6.07) is 9.27. The lowest BCUT2D eigenvalue weighted by Crippen LogP contribution is -2.13. The van der Waals surface area contributed by atoms with E-state index in [0.717, 1.165) is 6.20 Å². The standard InChI is InChI=1S/C12H7BrClN3O2S/c13-8-1-4-11(14)12(5-8)17-20(18,19)10-3-2-9(6-15)16-7-10/h1-5,7,17H. The second kappa shape index (κ2) is 5.79. The number of pyridine rings is 1. The smallest absolute Gasteiger partial charge is 0.263 e. The maximum Gasteiger partial charge on any atom is 0.263 e. The highest BCUT2D eigenvalue weighted by molar-refractivity contribution is 9.10. The van der Waals surface area contributed by atoms with Crippen LogP contribution in [0.5, 0.6) is 0 Å². The van der Waals surface area contributed by atoms with Gasteiger partial charge >= 0.3 is 0 Å². The van der Waals surface area contributed by atoms with E-state index in [1.807, 2.05) is 6.07 Å². The van der Waals surface area contributed by atoms with E-state index in [-0.39, 0.29) is 21.3 Å². The van der Waals surface area contributed by atoms with Crippen molar-refractivity contribution in [1.82, 2.24) is 4.98 Å². The van der Waals surface area contributed by atoms with Gasteiger partial charge in [0.1, 0.15) is 16.7 Å². The minimum absolute atomic E-state index is 0.0486. The van der Waals surface area contributed by atoms with Gasteiger partial charge in [0.25, 0.3) is 10.0 Å². The summed E-state index contributed by atoms with van der Waals surface area (Å²) in [5, 5.41) is 8.91. The highest BCUT2D eigenvalue weighted by Gasteiger charge is 2.16. The summed E-state index contributed by atoms with van der Waals surface area (Å²) in [5.41, 5.74) is 0.398. The van der Waals surface area contributed by atoms with Gasteiger partial charge < -0.3 is 0 Å². The van der Waals surface area contributed by atoms with Crippen molar-refractivity contribution in [3.63, 3.8) is 0 Å². The number of anilines is 1. The van der Waals surface area contributed by atoms with Crippen LogP contribution in [0.4, 0.5) is 5.69 Å². The minimum atomic E-state index is -3.80.